The molecule has 0 saturated heterocycles. The molecule has 1 aliphatic rings. The first-order valence-corrected chi connectivity index (χ1v) is 8.97. The quantitative estimate of drug-likeness (QED) is 0.805. The summed E-state index contributed by atoms with van der Waals surface area (Å²) in [6.45, 7) is 4.21. The van der Waals surface area contributed by atoms with E-state index in [1.165, 1.54) is 0 Å². The molecule has 0 bridgehead atoms. The number of benzene rings is 1. The first-order valence-electron chi connectivity index (χ1n) is 8.97. The third-order valence-corrected chi connectivity index (χ3v) is 5.54. The van der Waals surface area contributed by atoms with E-state index in [1.807, 2.05) is 0 Å². The Morgan fingerprint density at radius 1 is 1.33 bits per heavy atom. The first-order chi connectivity index (χ1) is 11.5. The van der Waals surface area contributed by atoms with Crippen LogP contribution in [0.4, 0.5) is 0 Å². The van der Waals surface area contributed by atoms with Crippen molar-refractivity contribution in [3.05, 3.63) is 23.8 Å². The highest BCUT2D eigenvalue weighted by molar-refractivity contribution is 5.98. The van der Waals surface area contributed by atoms with Crippen LogP contribution in [0.3, 0.4) is 0 Å². The number of nitrogens with zero attached hydrogens (tertiary/aromatic N) is 2. The van der Waals surface area contributed by atoms with Gasteiger partial charge in [0.1, 0.15) is 11.0 Å². The topological polar surface area (TPSA) is 76.2 Å². The molecule has 1 atom stereocenters. The zero-order chi connectivity index (χ0) is 17.2. The average molecular weight is 330 g/mol. The van der Waals surface area contributed by atoms with E-state index in [0.717, 1.165) is 38.5 Å². The number of hydrogen-bond donors (Lipinski definition) is 1. The van der Waals surface area contributed by atoms with Crippen LogP contribution >= 0.6 is 0 Å². The Bertz CT molecular complexity index is 701. The van der Waals surface area contributed by atoms with Gasteiger partial charge in [0.2, 0.25) is 0 Å². The second-order valence-electron chi connectivity index (χ2n) is 7.46. The van der Waals surface area contributed by atoms with Crippen LogP contribution in [0, 0.1) is 11.8 Å². The minimum atomic E-state index is -0.448. The van der Waals surface area contributed by atoms with Gasteiger partial charge in [0.25, 0.3) is 0 Å². The number of carbonyl (C=O) groups excluding carboxylic acids is 1. The summed E-state index contributed by atoms with van der Waals surface area (Å²) in [7, 11) is 0. The first kappa shape index (κ1) is 17.1. The number of aliphatic hydroxyl groups is 1. The highest BCUT2D eigenvalue weighted by Crippen LogP contribution is 2.37. The Balaban J connectivity index is 1.53. The second kappa shape index (κ2) is 7.01. The summed E-state index contributed by atoms with van der Waals surface area (Å²) in [5.74, 6) is 1.12. The average Bonchev–Trinajstić information content (AvgIpc) is 3.04. The molecule has 1 unspecified atom stereocenters. The summed E-state index contributed by atoms with van der Waals surface area (Å²) in [5, 5.41) is 17.9. The zero-order valence-electron chi connectivity index (χ0n) is 14.5. The van der Waals surface area contributed by atoms with E-state index >= 15 is 0 Å². The highest BCUT2D eigenvalue weighted by Gasteiger charge is 2.32. The molecule has 24 heavy (non-hydrogen) atoms. The smallest absolute Gasteiger partial charge is 0.163 e. The van der Waals surface area contributed by atoms with Crippen molar-refractivity contribution in [3.8, 4) is 0 Å². The summed E-state index contributed by atoms with van der Waals surface area (Å²) in [5.41, 5.74) is 1.52. The van der Waals surface area contributed by atoms with Crippen molar-refractivity contribution in [3.63, 3.8) is 0 Å². The molecule has 1 N–H and O–H groups in total. The summed E-state index contributed by atoms with van der Waals surface area (Å²) in [4.78, 5) is 12.5. The van der Waals surface area contributed by atoms with Gasteiger partial charge in [-0.05, 0) is 78.9 Å². The molecule has 1 fully saturated rings. The van der Waals surface area contributed by atoms with E-state index in [9.17, 15) is 9.90 Å². The minimum Gasteiger partial charge on any atom is -0.390 e. The van der Waals surface area contributed by atoms with Crippen LogP contribution in [0.2, 0.25) is 0 Å². The van der Waals surface area contributed by atoms with Crippen LogP contribution in [-0.4, -0.2) is 26.8 Å². The van der Waals surface area contributed by atoms with Gasteiger partial charge < -0.3 is 5.11 Å². The monoisotopic (exact) mass is 330 g/mol. The van der Waals surface area contributed by atoms with Crippen LogP contribution < -0.4 is 0 Å². The molecule has 130 valence electrons. The van der Waals surface area contributed by atoms with Crippen molar-refractivity contribution >= 4 is 16.8 Å². The Hall–Kier alpha value is -1.75. The van der Waals surface area contributed by atoms with Crippen molar-refractivity contribution in [2.45, 2.75) is 64.4 Å². The summed E-state index contributed by atoms with van der Waals surface area (Å²) in [6.07, 6.45) is 6.37. The van der Waals surface area contributed by atoms with Crippen molar-refractivity contribution in [2.75, 3.05) is 0 Å². The summed E-state index contributed by atoms with van der Waals surface area (Å²) >= 11 is 0. The molecule has 5 nitrogen and oxygen atoms in total. The van der Waals surface area contributed by atoms with E-state index in [4.69, 9.17) is 0 Å². The third-order valence-electron chi connectivity index (χ3n) is 5.54. The Morgan fingerprint density at radius 3 is 2.75 bits per heavy atom. The van der Waals surface area contributed by atoms with Crippen LogP contribution in [0.5, 0.6) is 0 Å². The van der Waals surface area contributed by atoms with Crippen LogP contribution in [0.15, 0.2) is 22.8 Å². The van der Waals surface area contributed by atoms with Gasteiger partial charge in [-0.15, -0.1) is 0 Å². The maximum Gasteiger partial charge on any atom is 0.163 e. The number of rotatable bonds is 6. The fraction of sp³-hybridized carbons (Fsp3) is 0.632. The third kappa shape index (κ3) is 3.83. The van der Waals surface area contributed by atoms with Gasteiger partial charge >= 0.3 is 0 Å². The number of aromatic nitrogens is 2. The van der Waals surface area contributed by atoms with Gasteiger partial charge in [0, 0.05) is 12.0 Å². The molecule has 0 amide bonds. The molecule has 0 spiro atoms. The molecule has 1 aromatic heterocycles. The number of fused-ring (bicyclic) bond motifs is 1. The molecule has 0 radical (unpaired) electrons. The van der Waals surface area contributed by atoms with E-state index in [2.05, 4.69) is 28.8 Å². The minimum absolute atomic E-state index is 0.147. The second-order valence-corrected chi connectivity index (χ2v) is 7.46. The highest BCUT2D eigenvalue weighted by atomic mass is 16.6. The Morgan fingerprint density at radius 2 is 2.04 bits per heavy atom. The van der Waals surface area contributed by atoms with E-state index in [-0.39, 0.29) is 5.78 Å². The lowest BCUT2D eigenvalue weighted by atomic mass is 9.74. The van der Waals surface area contributed by atoms with Crippen LogP contribution in [-0.2, 0) is 0 Å². The standard InChI is InChI=1S/C19H26N2O3/c1-3-19(23)8-6-14(7-9-19)10-13(2)11-18(22)15-4-5-16-17(12-15)21-24-20-16/h4-5,12-14,23H,3,6-11H2,1-2H3. The summed E-state index contributed by atoms with van der Waals surface area (Å²) < 4.78 is 4.68. The lowest BCUT2D eigenvalue weighted by Crippen LogP contribution is -2.33. The number of Topliss-reactive ketones (excluding diaryl/α,β-unsaturated/α-hetero) is 1. The van der Waals surface area contributed by atoms with Crippen molar-refractivity contribution in [1.29, 1.82) is 0 Å². The molecule has 1 aromatic carbocycles. The van der Waals surface area contributed by atoms with Crippen LogP contribution in [0.25, 0.3) is 11.0 Å². The lowest BCUT2D eigenvalue weighted by molar-refractivity contribution is -0.0150. The van der Waals surface area contributed by atoms with Crippen molar-refractivity contribution in [1.82, 2.24) is 10.3 Å². The fourth-order valence-corrected chi connectivity index (χ4v) is 3.85. The predicted octanol–water partition coefficient (Wildman–Crippen LogP) is 4.15. The molecular formula is C19H26N2O3. The number of ketones is 1. The molecule has 1 heterocycles. The number of hydrogen-bond acceptors (Lipinski definition) is 5. The van der Waals surface area contributed by atoms with Crippen molar-refractivity contribution in [2.24, 2.45) is 11.8 Å². The van der Waals surface area contributed by atoms with E-state index < -0.39 is 5.60 Å². The van der Waals surface area contributed by atoms with Gasteiger partial charge in [0.15, 0.2) is 5.78 Å². The molecule has 2 aromatic rings. The SMILES string of the molecule is CCC1(O)CCC(CC(C)CC(=O)c2ccc3nonc3c2)CC1. The fourth-order valence-electron chi connectivity index (χ4n) is 3.85. The Kier molecular flexibility index (Phi) is 4.99. The zero-order valence-corrected chi connectivity index (χ0v) is 14.5. The maximum atomic E-state index is 12.5. The maximum absolute atomic E-state index is 12.5. The normalized spacial score (nSPS) is 25.7. The molecule has 3 rings (SSSR count). The molecule has 1 saturated carbocycles. The largest absolute Gasteiger partial charge is 0.390 e. The van der Waals surface area contributed by atoms with Crippen molar-refractivity contribution < 1.29 is 14.5 Å². The van der Waals surface area contributed by atoms with E-state index in [1.54, 1.807) is 18.2 Å². The van der Waals surface area contributed by atoms with Gasteiger partial charge in [-0.2, -0.15) is 0 Å². The van der Waals surface area contributed by atoms with Gasteiger partial charge in [-0.25, -0.2) is 4.63 Å². The molecule has 1 aliphatic carbocycles. The Labute approximate surface area is 142 Å². The molecule has 5 heteroatoms. The predicted molar refractivity (Wildman–Crippen MR) is 91.7 cm³/mol. The van der Waals surface area contributed by atoms with Gasteiger partial charge in [-0.3, -0.25) is 4.79 Å². The van der Waals surface area contributed by atoms with Gasteiger partial charge in [0.05, 0.1) is 5.60 Å². The molecular weight excluding hydrogens is 304 g/mol. The van der Waals surface area contributed by atoms with Gasteiger partial charge in [-0.1, -0.05) is 13.8 Å². The molecule has 0 aliphatic heterocycles. The van der Waals surface area contributed by atoms with Crippen LogP contribution in [0.1, 0.15) is 69.2 Å². The summed E-state index contributed by atoms with van der Waals surface area (Å²) in [6, 6.07) is 5.32. The number of carbonyl (C=O) groups is 1. The van der Waals surface area contributed by atoms with E-state index in [0.29, 0.717) is 34.9 Å². The lowest BCUT2D eigenvalue weighted by Gasteiger charge is -2.36.